The Bertz CT molecular complexity index is 14.4. The van der Waals surface area contributed by atoms with Crippen LogP contribution in [0.3, 0.4) is 0 Å². The van der Waals surface area contributed by atoms with E-state index in [-0.39, 0.29) is 0 Å². The zero-order chi connectivity index (χ0) is 4.12. The second-order valence-corrected chi connectivity index (χ2v) is 1.00. The topological polar surface area (TPSA) is 12.0 Å². The van der Waals surface area contributed by atoms with E-state index in [1.807, 2.05) is 6.92 Å². The third-order valence-corrected chi connectivity index (χ3v) is 0.533. The second kappa shape index (κ2) is 4.25. The van der Waals surface area contributed by atoms with Crippen molar-refractivity contribution in [3.8, 4) is 0 Å². The van der Waals surface area contributed by atoms with Gasteiger partial charge >= 0.3 is 0 Å². The third-order valence-electron chi connectivity index (χ3n) is 0.344. The Morgan fingerprint density at radius 2 is 2.40 bits per heavy atom. The van der Waals surface area contributed by atoms with Gasteiger partial charge in [0.15, 0.2) is 0 Å². The Morgan fingerprint density at radius 1 is 1.80 bits per heavy atom. The normalized spacial score (nSPS) is 8.40. The van der Waals surface area contributed by atoms with E-state index >= 15 is 0 Å². The van der Waals surface area contributed by atoms with Crippen molar-refractivity contribution in [3.63, 3.8) is 0 Å². The van der Waals surface area contributed by atoms with E-state index in [4.69, 9.17) is 11.6 Å². The van der Waals surface area contributed by atoms with E-state index in [0.717, 1.165) is 6.54 Å². The summed E-state index contributed by atoms with van der Waals surface area (Å²) in [6.45, 7) is 2.98. The molecule has 0 atom stereocenters. The van der Waals surface area contributed by atoms with Crippen LogP contribution in [0.5, 0.6) is 0 Å². The van der Waals surface area contributed by atoms with Gasteiger partial charge < -0.3 is 5.32 Å². The summed E-state index contributed by atoms with van der Waals surface area (Å²) in [7, 11) is 0. The summed E-state index contributed by atoms with van der Waals surface area (Å²) in [6.07, 6.45) is 0. The molecular formula is C3H8ClN. The molecule has 0 aromatic rings. The fourth-order valence-electron chi connectivity index (χ4n) is 0.0945. The van der Waals surface area contributed by atoms with Crippen molar-refractivity contribution in [2.75, 3.05) is 12.5 Å². The first-order chi connectivity index (χ1) is 2.41. The summed E-state index contributed by atoms with van der Waals surface area (Å²) in [5.74, 6) is 0. The van der Waals surface area contributed by atoms with Crippen LogP contribution in [0, 0.1) is 0 Å². The summed E-state index contributed by atoms with van der Waals surface area (Å²) >= 11 is 5.19. The van der Waals surface area contributed by atoms with Gasteiger partial charge in [-0.3, -0.25) is 0 Å². The van der Waals surface area contributed by atoms with Crippen molar-refractivity contribution >= 4 is 11.6 Å². The summed E-state index contributed by atoms with van der Waals surface area (Å²) < 4.78 is 0. The van der Waals surface area contributed by atoms with E-state index in [1.165, 1.54) is 0 Å². The highest BCUT2D eigenvalue weighted by molar-refractivity contribution is 6.17. The van der Waals surface area contributed by atoms with Gasteiger partial charge in [-0.1, -0.05) is 6.92 Å². The smallest absolute Gasteiger partial charge is 0.0713 e. The molecule has 1 nitrogen and oxygen atoms in total. The lowest BCUT2D eigenvalue weighted by Crippen LogP contribution is -2.07. The molecule has 0 aromatic carbocycles. The summed E-state index contributed by atoms with van der Waals surface area (Å²) in [6, 6.07) is 0.566. The van der Waals surface area contributed by atoms with E-state index in [9.17, 15) is 0 Å². The molecule has 0 aromatic heterocycles. The van der Waals surface area contributed by atoms with E-state index in [0.29, 0.717) is 6.00 Å². The molecule has 32 valence electrons. The van der Waals surface area contributed by atoms with Crippen LogP contribution in [-0.4, -0.2) is 12.5 Å². The second-order valence-electron chi connectivity index (χ2n) is 0.737. The average Bonchev–Trinajstić information content (AvgIpc) is 1.41. The lowest BCUT2D eigenvalue weighted by atomic mass is 10.8. The number of halogens is 1. The van der Waals surface area contributed by atoms with Gasteiger partial charge in [0.1, 0.15) is 0 Å². The molecule has 2 heteroatoms. The number of hydrogen-bond donors (Lipinski definition) is 1. The maximum atomic E-state index is 5.19. The maximum absolute atomic E-state index is 5.19. The summed E-state index contributed by atoms with van der Waals surface area (Å²) in [5, 5.41) is 2.88. The monoisotopic (exact) mass is 93.0 g/mol. The molecule has 1 N–H and O–H groups in total. The van der Waals surface area contributed by atoms with E-state index in [2.05, 4.69) is 5.32 Å². The van der Waals surface area contributed by atoms with Crippen molar-refractivity contribution in [1.29, 1.82) is 0 Å². The van der Waals surface area contributed by atoms with Crippen molar-refractivity contribution in [2.24, 2.45) is 0 Å². The predicted octanol–water partition coefficient (Wildman–Crippen LogP) is 0.792. The van der Waals surface area contributed by atoms with Crippen molar-refractivity contribution < 1.29 is 0 Å². The highest BCUT2D eigenvalue weighted by Crippen LogP contribution is 1.60. The molecule has 0 unspecified atom stereocenters. The molecule has 0 amide bonds. The highest BCUT2D eigenvalue weighted by atomic mass is 35.5. The first kappa shape index (κ1) is 5.25. The maximum Gasteiger partial charge on any atom is 0.0713 e. The van der Waals surface area contributed by atoms with Gasteiger partial charge in [-0.15, -0.1) is 11.6 Å². The Morgan fingerprint density at radius 3 is 2.40 bits per heavy atom. The van der Waals surface area contributed by atoms with Crippen LogP contribution in [-0.2, 0) is 0 Å². The molecule has 0 aliphatic heterocycles. The number of hydrogen-bond acceptors (Lipinski definition) is 1. The molecule has 0 aliphatic carbocycles. The molecule has 0 rings (SSSR count). The highest BCUT2D eigenvalue weighted by Gasteiger charge is 1.64. The fourth-order valence-corrected chi connectivity index (χ4v) is 0.283. The minimum atomic E-state index is 0.566. The van der Waals surface area contributed by atoms with Gasteiger partial charge in [0, 0.05) is 0 Å². The van der Waals surface area contributed by atoms with Crippen LogP contribution in [0.2, 0.25) is 0 Å². The van der Waals surface area contributed by atoms with Crippen LogP contribution in [0.25, 0.3) is 0 Å². The van der Waals surface area contributed by atoms with Gasteiger partial charge in [-0.25, -0.2) is 0 Å². The largest absolute Gasteiger partial charge is 0.304 e. The summed E-state index contributed by atoms with van der Waals surface area (Å²) in [4.78, 5) is 0. The molecule has 0 bridgehead atoms. The lowest BCUT2D eigenvalue weighted by molar-refractivity contribution is 0.835. The Kier molecular flexibility index (Phi) is 4.46. The third kappa shape index (κ3) is 4.25. The van der Waals surface area contributed by atoms with Crippen molar-refractivity contribution in [3.05, 3.63) is 0 Å². The predicted molar refractivity (Wildman–Crippen MR) is 24.4 cm³/mol. The molecular weight excluding hydrogens is 85.5 g/mol. The first-order valence-corrected chi connectivity index (χ1v) is 2.22. The van der Waals surface area contributed by atoms with Gasteiger partial charge in [-0.05, 0) is 6.54 Å². The first-order valence-electron chi connectivity index (χ1n) is 1.68. The molecule has 5 heavy (non-hydrogen) atoms. The molecule has 0 radical (unpaired) electrons. The van der Waals surface area contributed by atoms with Gasteiger partial charge in [0.25, 0.3) is 0 Å². The average molecular weight is 93.6 g/mol. The van der Waals surface area contributed by atoms with Crippen molar-refractivity contribution in [1.82, 2.24) is 5.32 Å². The Hall–Kier alpha value is 0.250. The fraction of sp³-hybridized carbons (Fsp3) is 1.00. The van der Waals surface area contributed by atoms with Crippen LogP contribution in [0.1, 0.15) is 6.92 Å². The quantitative estimate of drug-likeness (QED) is 0.393. The molecule has 0 saturated carbocycles. The van der Waals surface area contributed by atoms with Crippen LogP contribution >= 0.6 is 11.6 Å². The Labute approximate surface area is 37.3 Å². The van der Waals surface area contributed by atoms with Crippen LogP contribution in [0.4, 0.5) is 0 Å². The van der Waals surface area contributed by atoms with E-state index in [1.54, 1.807) is 0 Å². The molecule has 0 aliphatic rings. The van der Waals surface area contributed by atoms with Gasteiger partial charge in [0.2, 0.25) is 0 Å². The molecule has 0 heterocycles. The molecule has 0 spiro atoms. The van der Waals surface area contributed by atoms with Gasteiger partial charge in [-0.2, -0.15) is 0 Å². The minimum Gasteiger partial charge on any atom is -0.304 e. The SMILES string of the molecule is CCNCCl. The lowest BCUT2D eigenvalue weighted by Gasteiger charge is -1.84. The van der Waals surface area contributed by atoms with Crippen LogP contribution in [0.15, 0.2) is 0 Å². The molecule has 0 fully saturated rings. The molecule has 0 saturated heterocycles. The standard InChI is InChI=1S/C3H8ClN/c1-2-5-3-4/h5H,2-3H2,1H3. The Balaban J connectivity index is 2.19. The number of alkyl halides is 1. The number of nitrogens with one attached hydrogen (secondary N) is 1. The zero-order valence-corrected chi connectivity index (χ0v) is 4.05. The van der Waals surface area contributed by atoms with Crippen molar-refractivity contribution in [2.45, 2.75) is 6.92 Å². The van der Waals surface area contributed by atoms with Crippen LogP contribution < -0.4 is 5.32 Å². The van der Waals surface area contributed by atoms with E-state index < -0.39 is 0 Å². The minimum absolute atomic E-state index is 0.566. The van der Waals surface area contributed by atoms with Gasteiger partial charge in [0.05, 0.1) is 6.00 Å². The summed E-state index contributed by atoms with van der Waals surface area (Å²) in [5.41, 5.74) is 0. The number of rotatable bonds is 2. The zero-order valence-electron chi connectivity index (χ0n) is 3.29.